The average Bonchev–Trinajstić information content (AvgIpc) is 2.64. The second kappa shape index (κ2) is 7.16. The Labute approximate surface area is 192 Å². The Hall–Kier alpha value is 0.312. The third-order valence-electron chi connectivity index (χ3n) is 10.3. The number of hydrogen-bond donors (Lipinski definition) is 0. The Kier molecular flexibility index (Phi) is 4.93. The fourth-order valence-corrected chi connectivity index (χ4v) is 15.5. The van der Waals surface area contributed by atoms with Crippen LogP contribution in [0.5, 0.6) is 0 Å². The van der Waals surface area contributed by atoms with Gasteiger partial charge < -0.3 is 0 Å². The number of benzene rings is 1. The summed E-state index contributed by atoms with van der Waals surface area (Å²) in [5, 5.41) is 1.57. The van der Waals surface area contributed by atoms with E-state index in [-0.39, 0.29) is 28.3 Å². The van der Waals surface area contributed by atoms with Crippen LogP contribution in [0.3, 0.4) is 0 Å². The van der Waals surface area contributed by atoms with Crippen LogP contribution in [-0.2, 0) is 26.6 Å². The summed E-state index contributed by atoms with van der Waals surface area (Å²) in [5.41, 5.74) is 1.68. The average molecular weight is 499 g/mol. The number of hydrogen-bond acceptors (Lipinski definition) is 0. The minimum Gasteiger partial charge on any atom is -0.0894 e. The Bertz CT molecular complexity index is 640. The molecule has 160 valence electrons. The monoisotopic (exact) mass is 498 g/mol. The first-order valence-corrected chi connectivity index (χ1v) is 14.0. The van der Waals surface area contributed by atoms with Crippen molar-refractivity contribution in [3.05, 3.63) is 35.9 Å². The van der Waals surface area contributed by atoms with Crippen molar-refractivity contribution in [2.75, 3.05) is 0 Å². The molecule has 8 aliphatic rings. The Morgan fingerprint density at radius 3 is 1.28 bits per heavy atom. The maximum Gasteiger partial charge on any atom is 0 e. The number of rotatable bonds is 4. The van der Waals surface area contributed by atoms with Gasteiger partial charge in [-0.05, 0) is 135 Å². The van der Waals surface area contributed by atoms with Crippen LogP contribution >= 0.6 is 7.92 Å². The van der Waals surface area contributed by atoms with Crippen LogP contribution in [0.4, 0.5) is 0 Å². The molecule has 8 saturated carbocycles. The molecule has 0 radical (unpaired) electrons. The van der Waals surface area contributed by atoms with Crippen molar-refractivity contribution in [2.24, 2.45) is 35.5 Å². The predicted molar refractivity (Wildman–Crippen MR) is 119 cm³/mol. The zero-order chi connectivity index (χ0) is 18.3. The summed E-state index contributed by atoms with van der Waals surface area (Å²) in [6.45, 7) is 0. The fraction of sp³-hybridized carbons (Fsp3) is 0.778. The van der Waals surface area contributed by atoms with E-state index in [1.54, 1.807) is 82.6 Å². The van der Waals surface area contributed by atoms with Crippen LogP contribution in [0.25, 0.3) is 0 Å². The molecule has 0 aliphatic heterocycles. The quantitative estimate of drug-likeness (QED) is 0.296. The van der Waals surface area contributed by atoms with Crippen molar-refractivity contribution in [3.63, 3.8) is 0 Å². The van der Waals surface area contributed by atoms with Gasteiger partial charge in [0.15, 0.2) is 0 Å². The predicted octanol–water partition coefficient (Wildman–Crippen LogP) is 7.60. The van der Waals surface area contributed by atoms with Gasteiger partial charge in [-0.25, -0.2) is 0 Å². The molecule has 8 fully saturated rings. The molecule has 29 heavy (non-hydrogen) atoms. The van der Waals surface area contributed by atoms with E-state index in [1.807, 2.05) is 0 Å². The van der Waals surface area contributed by atoms with Gasteiger partial charge in [0.05, 0.1) is 0 Å². The van der Waals surface area contributed by atoms with E-state index in [4.69, 9.17) is 0 Å². The summed E-state index contributed by atoms with van der Waals surface area (Å²) in [4.78, 5) is 0. The minimum atomic E-state index is 0. The topological polar surface area (TPSA) is 0 Å². The van der Waals surface area contributed by atoms with E-state index in [2.05, 4.69) is 30.3 Å². The normalized spacial score (nSPS) is 49.8. The van der Waals surface area contributed by atoms with Gasteiger partial charge in [-0.15, -0.1) is 0 Å². The molecule has 9 rings (SSSR count). The Morgan fingerprint density at radius 1 is 0.586 bits per heavy atom. The molecule has 0 saturated heterocycles. The van der Waals surface area contributed by atoms with Crippen LogP contribution in [0.2, 0.25) is 0 Å². The molecule has 8 aliphatic carbocycles. The maximum absolute atomic E-state index is 2.47. The van der Waals surface area contributed by atoms with E-state index in [0.29, 0.717) is 0 Å². The summed E-state index contributed by atoms with van der Waals surface area (Å²) in [6, 6.07) is 11.8. The first-order chi connectivity index (χ1) is 13.7. The summed E-state index contributed by atoms with van der Waals surface area (Å²) < 4.78 is 0. The van der Waals surface area contributed by atoms with Gasteiger partial charge in [-0.2, -0.15) is 0 Å². The largest absolute Gasteiger partial charge is 0.0894 e. The van der Waals surface area contributed by atoms with Gasteiger partial charge in [0.1, 0.15) is 0 Å². The van der Waals surface area contributed by atoms with Crippen molar-refractivity contribution in [2.45, 2.75) is 93.5 Å². The smallest absolute Gasteiger partial charge is 0 e. The third kappa shape index (κ3) is 3.20. The van der Waals surface area contributed by atoms with Crippen molar-refractivity contribution in [1.82, 2.24) is 0 Å². The summed E-state index contributed by atoms with van der Waals surface area (Å²) in [5.74, 6) is 6.67. The zero-order valence-electron chi connectivity index (χ0n) is 17.8. The molecule has 0 N–H and O–H groups in total. The Balaban J connectivity index is 0.00000165. The first kappa shape index (κ1) is 20.0. The van der Waals surface area contributed by atoms with Crippen LogP contribution < -0.4 is 0 Å². The summed E-state index contributed by atoms with van der Waals surface area (Å²) in [6.07, 6.45) is 20.9. The van der Waals surface area contributed by atoms with Crippen LogP contribution in [-0.4, -0.2) is 10.3 Å². The van der Waals surface area contributed by atoms with Crippen molar-refractivity contribution >= 4 is 7.92 Å². The molecule has 1 aromatic carbocycles. The van der Waals surface area contributed by atoms with Crippen LogP contribution in [0.1, 0.15) is 82.6 Å². The molecule has 0 atom stereocenters. The maximum atomic E-state index is 2.47. The standard InChI is InChI=1S/C27H37P.Pd/c1-2-4-19(5-3-1)18-28(26-12-20-6-21(13-26)8-22(7-20)14-26)27-15-23-9-24(16-27)11-25(10-23)17-27;/h1-5,20-25H,6-18H2;. The molecule has 1 aromatic rings. The fourth-order valence-electron chi connectivity index (χ4n) is 10.4. The second-order valence-corrected chi connectivity index (χ2v) is 15.4. The van der Waals surface area contributed by atoms with E-state index < -0.39 is 0 Å². The molecular weight excluding hydrogens is 462 g/mol. The van der Waals surface area contributed by atoms with E-state index in [0.717, 1.165) is 45.8 Å². The van der Waals surface area contributed by atoms with E-state index >= 15 is 0 Å². The van der Waals surface area contributed by atoms with Crippen molar-refractivity contribution < 1.29 is 20.4 Å². The molecule has 0 amide bonds. The summed E-state index contributed by atoms with van der Waals surface area (Å²) in [7, 11) is 0.115. The third-order valence-corrected chi connectivity index (χ3v) is 14.4. The SMILES string of the molecule is [Pd].c1ccc(CP(C23CC4CC(CC(C4)C2)C3)C23CC4CC(CC(C4)C2)C3)cc1. The minimum absolute atomic E-state index is 0. The van der Waals surface area contributed by atoms with Gasteiger partial charge in [-0.3, -0.25) is 0 Å². The molecule has 8 bridgehead atoms. The molecule has 0 unspecified atom stereocenters. The molecular formula is C27H37PPd. The van der Waals surface area contributed by atoms with Crippen LogP contribution in [0.15, 0.2) is 30.3 Å². The Morgan fingerprint density at radius 2 is 0.931 bits per heavy atom. The van der Waals surface area contributed by atoms with Gasteiger partial charge in [0.25, 0.3) is 0 Å². The first-order valence-electron chi connectivity index (χ1n) is 12.5. The van der Waals surface area contributed by atoms with Crippen molar-refractivity contribution in [3.8, 4) is 0 Å². The zero-order valence-corrected chi connectivity index (χ0v) is 20.3. The van der Waals surface area contributed by atoms with E-state index in [1.165, 1.54) is 6.16 Å². The molecule has 2 heteroatoms. The second-order valence-electron chi connectivity index (χ2n) is 12.4. The molecule has 0 heterocycles. The van der Waals surface area contributed by atoms with Gasteiger partial charge in [-0.1, -0.05) is 38.3 Å². The molecule has 0 spiro atoms. The van der Waals surface area contributed by atoms with Crippen molar-refractivity contribution in [1.29, 1.82) is 0 Å². The van der Waals surface area contributed by atoms with Gasteiger partial charge in [0.2, 0.25) is 0 Å². The molecule has 0 aromatic heterocycles. The van der Waals surface area contributed by atoms with Gasteiger partial charge in [0, 0.05) is 20.4 Å². The molecule has 0 nitrogen and oxygen atoms in total. The summed E-state index contributed by atoms with van der Waals surface area (Å²) >= 11 is 0. The van der Waals surface area contributed by atoms with Gasteiger partial charge >= 0.3 is 0 Å². The van der Waals surface area contributed by atoms with E-state index in [9.17, 15) is 0 Å². The van der Waals surface area contributed by atoms with Crippen LogP contribution in [0, 0.1) is 35.5 Å².